The standard InChI is InChI=1S/C16H21N3/c1-10-8-16(19-11(2)12-4-3-5-12)14-9-13(17)6-7-15(14)18-10/h6-9,11-12H,3-5,17H2,1-2H3,(H,18,19). The molecule has 1 fully saturated rings. The van der Waals surface area contributed by atoms with Gasteiger partial charge >= 0.3 is 0 Å². The van der Waals surface area contributed by atoms with Gasteiger partial charge in [0.25, 0.3) is 0 Å². The molecule has 2 aromatic rings. The van der Waals surface area contributed by atoms with E-state index in [-0.39, 0.29) is 0 Å². The molecule has 1 saturated carbocycles. The van der Waals surface area contributed by atoms with Crippen molar-refractivity contribution in [2.45, 2.75) is 39.2 Å². The number of aromatic nitrogens is 1. The maximum absolute atomic E-state index is 5.90. The zero-order valence-electron chi connectivity index (χ0n) is 11.6. The highest BCUT2D eigenvalue weighted by molar-refractivity contribution is 5.93. The van der Waals surface area contributed by atoms with Crippen molar-refractivity contribution in [3.8, 4) is 0 Å². The highest BCUT2D eigenvalue weighted by Gasteiger charge is 2.24. The van der Waals surface area contributed by atoms with Crippen LogP contribution in [0.15, 0.2) is 24.3 Å². The fraction of sp³-hybridized carbons (Fsp3) is 0.438. The molecule has 3 N–H and O–H groups in total. The third-order valence-corrected chi connectivity index (χ3v) is 4.20. The van der Waals surface area contributed by atoms with Gasteiger partial charge in [0.2, 0.25) is 0 Å². The first kappa shape index (κ1) is 12.3. The number of nitrogens with zero attached hydrogens (tertiary/aromatic N) is 1. The Hall–Kier alpha value is -1.77. The van der Waals surface area contributed by atoms with Gasteiger partial charge in [0.15, 0.2) is 0 Å². The van der Waals surface area contributed by atoms with Crippen LogP contribution in [-0.4, -0.2) is 11.0 Å². The van der Waals surface area contributed by atoms with Gasteiger partial charge in [-0.25, -0.2) is 0 Å². The normalized spacial score (nSPS) is 17.2. The van der Waals surface area contributed by atoms with E-state index in [1.54, 1.807) is 0 Å². The van der Waals surface area contributed by atoms with Crippen molar-refractivity contribution in [2.75, 3.05) is 11.1 Å². The average Bonchev–Trinajstić information content (AvgIpc) is 2.27. The number of nitrogens with two attached hydrogens (primary N) is 1. The third kappa shape index (κ3) is 2.37. The van der Waals surface area contributed by atoms with Gasteiger partial charge in [-0.3, -0.25) is 4.98 Å². The maximum atomic E-state index is 5.90. The summed E-state index contributed by atoms with van der Waals surface area (Å²) in [4.78, 5) is 4.57. The van der Waals surface area contributed by atoms with Crippen LogP contribution in [0.2, 0.25) is 0 Å². The van der Waals surface area contributed by atoms with E-state index in [4.69, 9.17) is 5.73 Å². The van der Waals surface area contributed by atoms with Gasteiger partial charge in [-0.15, -0.1) is 0 Å². The van der Waals surface area contributed by atoms with E-state index in [0.717, 1.165) is 33.9 Å². The van der Waals surface area contributed by atoms with Crippen molar-refractivity contribution < 1.29 is 0 Å². The molecule has 1 aromatic heterocycles. The van der Waals surface area contributed by atoms with Crippen LogP contribution in [0.5, 0.6) is 0 Å². The lowest BCUT2D eigenvalue weighted by molar-refractivity contribution is 0.285. The molecular formula is C16H21N3. The van der Waals surface area contributed by atoms with Crippen molar-refractivity contribution >= 4 is 22.3 Å². The monoisotopic (exact) mass is 255 g/mol. The second kappa shape index (κ2) is 4.72. The molecule has 0 radical (unpaired) electrons. The number of nitrogen functional groups attached to an aromatic ring is 1. The number of fused-ring (bicyclic) bond motifs is 1. The van der Waals surface area contributed by atoms with E-state index in [0.29, 0.717) is 6.04 Å². The Morgan fingerprint density at radius 1 is 1.32 bits per heavy atom. The van der Waals surface area contributed by atoms with Gasteiger partial charge in [0, 0.05) is 28.5 Å². The molecule has 1 aliphatic rings. The first-order valence-corrected chi connectivity index (χ1v) is 7.07. The molecule has 1 aromatic carbocycles. The van der Waals surface area contributed by atoms with Crippen molar-refractivity contribution in [1.82, 2.24) is 4.98 Å². The highest BCUT2D eigenvalue weighted by Crippen LogP contribution is 2.33. The molecule has 3 nitrogen and oxygen atoms in total. The Morgan fingerprint density at radius 2 is 2.11 bits per heavy atom. The summed E-state index contributed by atoms with van der Waals surface area (Å²) < 4.78 is 0. The summed E-state index contributed by atoms with van der Waals surface area (Å²) in [6, 6.07) is 8.56. The fourth-order valence-electron chi connectivity index (χ4n) is 2.80. The van der Waals surface area contributed by atoms with Crippen molar-refractivity contribution in [3.63, 3.8) is 0 Å². The first-order chi connectivity index (χ1) is 9.13. The molecule has 0 aliphatic heterocycles. The predicted octanol–water partition coefficient (Wildman–Crippen LogP) is 3.73. The lowest BCUT2D eigenvalue weighted by Crippen LogP contribution is -2.30. The number of aryl methyl sites for hydroxylation is 1. The predicted molar refractivity (Wildman–Crippen MR) is 81.3 cm³/mol. The molecule has 0 spiro atoms. The van der Waals surface area contributed by atoms with Crippen LogP contribution in [0.1, 0.15) is 31.9 Å². The molecule has 1 atom stereocenters. The number of hydrogen-bond donors (Lipinski definition) is 2. The fourth-order valence-corrected chi connectivity index (χ4v) is 2.80. The molecule has 0 saturated heterocycles. The second-order valence-electron chi connectivity index (χ2n) is 5.71. The highest BCUT2D eigenvalue weighted by atomic mass is 14.9. The molecule has 19 heavy (non-hydrogen) atoms. The van der Waals surface area contributed by atoms with E-state index in [9.17, 15) is 0 Å². The van der Waals surface area contributed by atoms with Crippen LogP contribution in [0.4, 0.5) is 11.4 Å². The smallest absolute Gasteiger partial charge is 0.0727 e. The number of nitrogens with one attached hydrogen (secondary N) is 1. The van der Waals surface area contributed by atoms with Crippen molar-refractivity contribution in [1.29, 1.82) is 0 Å². The SMILES string of the molecule is Cc1cc(NC(C)C2CCC2)c2cc(N)ccc2n1. The van der Waals surface area contributed by atoms with Crippen LogP contribution in [0.3, 0.4) is 0 Å². The summed E-state index contributed by atoms with van der Waals surface area (Å²) in [5.74, 6) is 0.810. The molecule has 1 heterocycles. The maximum Gasteiger partial charge on any atom is 0.0727 e. The van der Waals surface area contributed by atoms with E-state index in [1.807, 2.05) is 25.1 Å². The molecule has 1 unspecified atom stereocenters. The van der Waals surface area contributed by atoms with E-state index < -0.39 is 0 Å². The molecule has 1 aliphatic carbocycles. The number of rotatable bonds is 3. The van der Waals surface area contributed by atoms with Gasteiger partial charge in [0.05, 0.1) is 5.52 Å². The van der Waals surface area contributed by atoms with Gasteiger partial charge in [0.1, 0.15) is 0 Å². The van der Waals surface area contributed by atoms with Crippen LogP contribution in [0.25, 0.3) is 10.9 Å². The Balaban J connectivity index is 1.98. The Kier molecular flexibility index (Phi) is 3.05. The van der Waals surface area contributed by atoms with Crippen LogP contribution in [0, 0.1) is 12.8 Å². The minimum Gasteiger partial charge on any atom is -0.399 e. The first-order valence-electron chi connectivity index (χ1n) is 7.07. The summed E-state index contributed by atoms with van der Waals surface area (Å²) in [5.41, 5.74) is 9.91. The molecule has 3 rings (SSSR count). The van der Waals surface area contributed by atoms with Gasteiger partial charge in [-0.2, -0.15) is 0 Å². The largest absolute Gasteiger partial charge is 0.399 e. The minimum absolute atomic E-state index is 0.514. The van der Waals surface area contributed by atoms with Crippen LogP contribution >= 0.6 is 0 Å². The van der Waals surface area contributed by atoms with Crippen molar-refractivity contribution in [2.24, 2.45) is 5.92 Å². The lowest BCUT2D eigenvalue weighted by Gasteiger charge is -2.32. The van der Waals surface area contributed by atoms with Gasteiger partial charge < -0.3 is 11.1 Å². The average molecular weight is 255 g/mol. The minimum atomic E-state index is 0.514. The Morgan fingerprint density at radius 3 is 2.79 bits per heavy atom. The summed E-state index contributed by atoms with van der Waals surface area (Å²) in [6.45, 7) is 4.31. The molecule has 3 heteroatoms. The number of pyridine rings is 1. The van der Waals surface area contributed by atoms with Gasteiger partial charge in [-0.1, -0.05) is 6.42 Å². The molecule has 0 amide bonds. The van der Waals surface area contributed by atoms with Crippen LogP contribution < -0.4 is 11.1 Å². The number of hydrogen-bond acceptors (Lipinski definition) is 3. The summed E-state index contributed by atoms with van der Waals surface area (Å²) in [7, 11) is 0. The van der Waals surface area contributed by atoms with Crippen LogP contribution in [-0.2, 0) is 0 Å². The number of benzene rings is 1. The number of anilines is 2. The van der Waals surface area contributed by atoms with E-state index in [2.05, 4.69) is 23.3 Å². The third-order valence-electron chi connectivity index (χ3n) is 4.20. The molecule has 0 bridgehead atoms. The van der Waals surface area contributed by atoms with Crippen molar-refractivity contribution in [3.05, 3.63) is 30.0 Å². The van der Waals surface area contributed by atoms with E-state index in [1.165, 1.54) is 19.3 Å². The Labute approximate surface area is 114 Å². The topological polar surface area (TPSA) is 50.9 Å². The zero-order chi connectivity index (χ0) is 13.4. The summed E-state index contributed by atoms with van der Waals surface area (Å²) in [5, 5.41) is 4.78. The Bertz CT molecular complexity index is 602. The van der Waals surface area contributed by atoms with Gasteiger partial charge in [-0.05, 0) is 56.9 Å². The summed E-state index contributed by atoms with van der Waals surface area (Å²) >= 11 is 0. The second-order valence-corrected chi connectivity index (χ2v) is 5.71. The molecular weight excluding hydrogens is 234 g/mol. The quantitative estimate of drug-likeness (QED) is 0.822. The zero-order valence-corrected chi connectivity index (χ0v) is 11.6. The molecule has 100 valence electrons. The summed E-state index contributed by atoms with van der Waals surface area (Å²) in [6.07, 6.45) is 4.07. The van der Waals surface area contributed by atoms with E-state index >= 15 is 0 Å². The lowest BCUT2D eigenvalue weighted by atomic mass is 9.80.